The summed E-state index contributed by atoms with van der Waals surface area (Å²) in [5.74, 6) is 0. The Morgan fingerprint density at radius 2 is 2.10 bits per heavy atom. The highest BCUT2D eigenvalue weighted by atomic mass is 15.2. The molecular weight excluding hydrogens is 260 g/mol. The molecule has 0 bridgehead atoms. The molecule has 1 aliphatic heterocycles. The second kappa shape index (κ2) is 4.81. The van der Waals surface area contributed by atoms with Crippen molar-refractivity contribution in [2.24, 2.45) is 0 Å². The molecule has 2 aromatic heterocycles. The molecule has 108 valence electrons. The predicted octanol–water partition coefficient (Wildman–Crippen LogP) is 3.16. The summed E-state index contributed by atoms with van der Waals surface area (Å²) in [5, 5.41) is 1.22. The Balaban J connectivity index is 1.95. The molecule has 4 rings (SSSR count). The number of rotatable bonds is 1. The average Bonchev–Trinajstić information content (AvgIpc) is 2.91. The Labute approximate surface area is 124 Å². The van der Waals surface area contributed by atoms with E-state index < -0.39 is 0 Å². The topological polar surface area (TPSA) is 34.0 Å². The number of likely N-dealkylation sites (tertiary alicyclic amines) is 1. The van der Waals surface area contributed by atoms with Crippen LogP contribution in [0, 0.1) is 6.92 Å². The van der Waals surface area contributed by atoms with Crippen molar-refractivity contribution in [2.75, 3.05) is 20.1 Å². The van der Waals surface area contributed by atoms with Crippen molar-refractivity contribution in [3.63, 3.8) is 0 Å². The molecule has 1 aliphatic rings. The molecule has 3 heterocycles. The highest BCUT2D eigenvalue weighted by molar-refractivity contribution is 6.02. The molecule has 1 aromatic carbocycles. The van der Waals surface area contributed by atoms with Crippen LogP contribution >= 0.6 is 0 Å². The summed E-state index contributed by atoms with van der Waals surface area (Å²) in [5.41, 5.74) is 4.56. The van der Waals surface area contributed by atoms with Gasteiger partial charge in [0.15, 0.2) is 0 Å². The molecule has 1 atom stereocenters. The second-order valence-electron chi connectivity index (χ2n) is 6.22. The van der Waals surface area contributed by atoms with E-state index in [1.54, 1.807) is 0 Å². The summed E-state index contributed by atoms with van der Waals surface area (Å²) in [6, 6.07) is 6.97. The van der Waals surface area contributed by atoms with E-state index in [-0.39, 0.29) is 0 Å². The molecule has 0 aliphatic carbocycles. The van der Waals surface area contributed by atoms with E-state index in [1.807, 2.05) is 12.5 Å². The third-order valence-corrected chi connectivity index (χ3v) is 4.55. The highest BCUT2D eigenvalue weighted by Gasteiger charge is 2.21. The van der Waals surface area contributed by atoms with Crippen LogP contribution in [0.4, 0.5) is 0 Å². The fourth-order valence-electron chi connectivity index (χ4n) is 3.47. The van der Waals surface area contributed by atoms with Crippen molar-refractivity contribution in [3.8, 4) is 0 Å². The summed E-state index contributed by atoms with van der Waals surface area (Å²) in [7, 11) is 2.20. The molecule has 1 fully saturated rings. The molecule has 4 heteroatoms. The molecule has 4 nitrogen and oxygen atoms in total. The number of likely N-dealkylation sites (N-methyl/N-ethyl adjacent to an activating group) is 1. The van der Waals surface area contributed by atoms with Gasteiger partial charge in [-0.15, -0.1) is 0 Å². The van der Waals surface area contributed by atoms with Gasteiger partial charge < -0.3 is 9.47 Å². The summed E-state index contributed by atoms with van der Waals surface area (Å²) < 4.78 is 2.37. The minimum Gasteiger partial charge on any atom is -0.326 e. The minimum absolute atomic E-state index is 0.514. The van der Waals surface area contributed by atoms with Crippen LogP contribution < -0.4 is 0 Å². The molecule has 0 spiro atoms. The molecule has 1 unspecified atom stereocenters. The van der Waals surface area contributed by atoms with Crippen molar-refractivity contribution in [3.05, 3.63) is 36.3 Å². The fourth-order valence-corrected chi connectivity index (χ4v) is 3.47. The average molecular weight is 280 g/mol. The van der Waals surface area contributed by atoms with Gasteiger partial charge in [0.05, 0.1) is 23.6 Å². The molecule has 0 saturated carbocycles. The first-order chi connectivity index (χ1) is 10.2. The molecular formula is C17H20N4. The van der Waals surface area contributed by atoms with Crippen LogP contribution in [0.25, 0.3) is 21.9 Å². The zero-order chi connectivity index (χ0) is 14.4. The monoisotopic (exact) mass is 280 g/mol. The van der Waals surface area contributed by atoms with Crippen molar-refractivity contribution in [2.45, 2.75) is 25.8 Å². The Morgan fingerprint density at radius 1 is 1.19 bits per heavy atom. The van der Waals surface area contributed by atoms with E-state index in [4.69, 9.17) is 0 Å². The van der Waals surface area contributed by atoms with Crippen LogP contribution in [0.1, 0.15) is 24.4 Å². The van der Waals surface area contributed by atoms with E-state index in [2.05, 4.69) is 51.6 Å². The number of aromatic nitrogens is 3. The van der Waals surface area contributed by atoms with E-state index in [0.29, 0.717) is 6.04 Å². The summed E-state index contributed by atoms with van der Waals surface area (Å²) in [6.07, 6.45) is 6.38. The smallest absolute Gasteiger partial charge is 0.107 e. The first-order valence-electron chi connectivity index (χ1n) is 7.63. The lowest BCUT2D eigenvalue weighted by Crippen LogP contribution is -2.33. The molecule has 0 radical (unpaired) electrons. The van der Waals surface area contributed by atoms with Crippen LogP contribution in [0.5, 0.6) is 0 Å². The van der Waals surface area contributed by atoms with Crippen molar-refractivity contribution >= 4 is 21.9 Å². The Kier molecular flexibility index (Phi) is 2.93. The molecule has 0 amide bonds. The van der Waals surface area contributed by atoms with Crippen molar-refractivity contribution in [1.82, 2.24) is 19.4 Å². The van der Waals surface area contributed by atoms with Crippen LogP contribution in [-0.2, 0) is 0 Å². The quantitative estimate of drug-likeness (QED) is 0.686. The van der Waals surface area contributed by atoms with Crippen LogP contribution in [0.15, 0.2) is 30.7 Å². The van der Waals surface area contributed by atoms with Crippen LogP contribution in [-0.4, -0.2) is 39.6 Å². The lowest BCUT2D eigenvalue weighted by atomic mass is 10.1. The van der Waals surface area contributed by atoms with Crippen molar-refractivity contribution < 1.29 is 0 Å². The minimum atomic E-state index is 0.514. The third-order valence-electron chi connectivity index (χ3n) is 4.55. The third kappa shape index (κ3) is 2.10. The normalized spacial score (nSPS) is 20.4. The first kappa shape index (κ1) is 12.8. The van der Waals surface area contributed by atoms with Gasteiger partial charge in [-0.25, -0.2) is 4.98 Å². The lowest BCUT2D eigenvalue weighted by Gasteiger charge is -2.31. The van der Waals surface area contributed by atoms with Crippen molar-refractivity contribution in [1.29, 1.82) is 0 Å². The number of piperidine rings is 1. The number of fused-ring (bicyclic) bond motifs is 3. The molecule has 3 aromatic rings. The highest BCUT2D eigenvalue weighted by Crippen LogP contribution is 2.29. The largest absolute Gasteiger partial charge is 0.326 e. The zero-order valence-electron chi connectivity index (χ0n) is 12.6. The van der Waals surface area contributed by atoms with E-state index in [9.17, 15) is 0 Å². The van der Waals surface area contributed by atoms with Gasteiger partial charge in [0, 0.05) is 18.0 Å². The number of imidazole rings is 1. The summed E-state index contributed by atoms with van der Waals surface area (Å²) >= 11 is 0. The van der Waals surface area contributed by atoms with Crippen LogP contribution in [0.3, 0.4) is 0 Å². The van der Waals surface area contributed by atoms with E-state index in [0.717, 1.165) is 17.6 Å². The SMILES string of the molecule is Cc1ccc2ncc3ncn(C4CCCN(C)C4)c3c2c1. The maximum absolute atomic E-state index is 4.58. The van der Waals surface area contributed by atoms with E-state index >= 15 is 0 Å². The van der Waals surface area contributed by atoms with E-state index in [1.165, 1.54) is 35.9 Å². The number of benzene rings is 1. The zero-order valence-corrected chi connectivity index (χ0v) is 12.6. The van der Waals surface area contributed by atoms with Gasteiger partial charge in [0.1, 0.15) is 5.52 Å². The lowest BCUT2D eigenvalue weighted by molar-refractivity contribution is 0.215. The second-order valence-corrected chi connectivity index (χ2v) is 6.22. The molecule has 21 heavy (non-hydrogen) atoms. The fraction of sp³-hybridized carbons (Fsp3) is 0.412. The van der Waals surface area contributed by atoms with Gasteiger partial charge in [0.2, 0.25) is 0 Å². The number of hydrogen-bond acceptors (Lipinski definition) is 3. The molecule has 1 saturated heterocycles. The van der Waals surface area contributed by atoms with Gasteiger partial charge in [-0.3, -0.25) is 4.98 Å². The standard InChI is InChI=1S/C17H20N4/c1-12-5-6-15-14(8-12)17-16(9-18-15)19-11-21(17)13-4-3-7-20(2)10-13/h5-6,8-9,11,13H,3-4,7,10H2,1-2H3. The number of nitrogens with zero attached hydrogens (tertiary/aromatic N) is 4. The first-order valence-corrected chi connectivity index (χ1v) is 7.63. The van der Waals surface area contributed by atoms with Crippen LogP contribution in [0.2, 0.25) is 0 Å². The summed E-state index contributed by atoms with van der Waals surface area (Å²) in [4.78, 5) is 11.5. The van der Waals surface area contributed by atoms with Gasteiger partial charge in [-0.2, -0.15) is 0 Å². The van der Waals surface area contributed by atoms with Gasteiger partial charge in [-0.05, 0) is 45.5 Å². The predicted molar refractivity (Wildman–Crippen MR) is 85.5 cm³/mol. The number of pyridine rings is 1. The van der Waals surface area contributed by atoms with Gasteiger partial charge in [-0.1, -0.05) is 11.6 Å². The number of aryl methyl sites for hydroxylation is 1. The molecule has 0 N–H and O–H groups in total. The van der Waals surface area contributed by atoms with Gasteiger partial charge in [0.25, 0.3) is 0 Å². The Bertz CT molecular complexity index is 805. The maximum Gasteiger partial charge on any atom is 0.107 e. The Morgan fingerprint density at radius 3 is 2.95 bits per heavy atom. The Hall–Kier alpha value is -1.94. The summed E-state index contributed by atoms with van der Waals surface area (Å²) in [6.45, 7) is 4.43. The maximum atomic E-state index is 4.58. The van der Waals surface area contributed by atoms with Gasteiger partial charge >= 0.3 is 0 Å². The number of hydrogen-bond donors (Lipinski definition) is 0.